The van der Waals surface area contributed by atoms with Gasteiger partial charge in [0.1, 0.15) is 0 Å². The Morgan fingerprint density at radius 1 is 0.900 bits per heavy atom. The molecule has 0 atom stereocenters. The lowest BCUT2D eigenvalue weighted by molar-refractivity contribution is 0.403. The van der Waals surface area contributed by atoms with E-state index in [9.17, 15) is 20.1 Å². The molecule has 0 saturated heterocycles. The molecule has 0 spiro atoms. The number of hydrogen-bond donors (Lipinski definition) is 4. The first-order valence-corrected chi connectivity index (χ1v) is 9.46. The molecule has 0 unspecified atom stereocenters. The maximum absolute atomic E-state index is 12.3. The molecule has 7 heteroatoms. The highest BCUT2D eigenvalue weighted by Crippen LogP contribution is 2.29. The summed E-state index contributed by atoms with van der Waals surface area (Å²) in [7, 11) is 0. The van der Waals surface area contributed by atoms with Gasteiger partial charge in [0.05, 0.1) is 12.1 Å². The van der Waals surface area contributed by atoms with E-state index in [4.69, 9.17) is 11.6 Å². The molecule has 0 saturated carbocycles. The Morgan fingerprint density at radius 2 is 1.70 bits per heavy atom. The molecule has 30 heavy (non-hydrogen) atoms. The topological polar surface area (TPSA) is 106 Å². The van der Waals surface area contributed by atoms with Crippen molar-refractivity contribution in [2.45, 2.75) is 6.54 Å². The molecule has 4 aromatic rings. The van der Waals surface area contributed by atoms with Gasteiger partial charge in [-0.15, -0.1) is 0 Å². The molecule has 0 aliphatic heterocycles. The number of fused-ring (bicyclic) bond motifs is 1. The van der Waals surface area contributed by atoms with Crippen molar-refractivity contribution in [1.82, 2.24) is 4.98 Å². The van der Waals surface area contributed by atoms with Crippen LogP contribution in [-0.2, 0) is 6.54 Å². The van der Waals surface area contributed by atoms with E-state index in [-0.39, 0.29) is 23.9 Å². The predicted octanol–water partition coefficient (Wildman–Crippen LogP) is 4.58. The van der Waals surface area contributed by atoms with Crippen molar-refractivity contribution < 1.29 is 15.3 Å². The van der Waals surface area contributed by atoms with Gasteiger partial charge in [0, 0.05) is 22.0 Å². The predicted molar refractivity (Wildman–Crippen MR) is 118 cm³/mol. The van der Waals surface area contributed by atoms with Crippen molar-refractivity contribution in [2.24, 2.45) is 4.99 Å². The largest absolute Gasteiger partial charge is 0.504 e. The van der Waals surface area contributed by atoms with Gasteiger partial charge < -0.3 is 15.3 Å². The number of aromatic amines is 1. The number of aromatic hydroxyl groups is 3. The number of halogens is 1. The van der Waals surface area contributed by atoms with Crippen LogP contribution < -0.4 is 5.56 Å². The number of aromatic nitrogens is 1. The second-order valence-corrected chi connectivity index (χ2v) is 7.22. The Morgan fingerprint density at radius 3 is 2.47 bits per heavy atom. The highest BCUT2D eigenvalue weighted by atomic mass is 35.5. The molecule has 0 bridgehead atoms. The number of benzene rings is 3. The highest BCUT2D eigenvalue weighted by molar-refractivity contribution is 6.30. The van der Waals surface area contributed by atoms with Crippen LogP contribution in [0.4, 0.5) is 0 Å². The number of H-pyrrole nitrogens is 1. The van der Waals surface area contributed by atoms with Crippen molar-refractivity contribution in [2.75, 3.05) is 0 Å². The van der Waals surface area contributed by atoms with Gasteiger partial charge in [-0.1, -0.05) is 35.9 Å². The maximum atomic E-state index is 12.3. The Kier molecular flexibility index (Phi) is 5.16. The van der Waals surface area contributed by atoms with Gasteiger partial charge in [-0.25, -0.2) is 0 Å². The summed E-state index contributed by atoms with van der Waals surface area (Å²) in [6, 6.07) is 17.1. The SMILES string of the molecule is O=c1[nH]c(O)c(C=NCc2ccc(O)c(O)c2)c2cc(-c3cccc(Cl)c3)ccc12. The van der Waals surface area contributed by atoms with Gasteiger partial charge in [0.2, 0.25) is 5.88 Å². The van der Waals surface area contributed by atoms with E-state index in [2.05, 4.69) is 9.98 Å². The molecule has 0 amide bonds. The van der Waals surface area contributed by atoms with Crippen LogP contribution in [-0.4, -0.2) is 26.5 Å². The van der Waals surface area contributed by atoms with Gasteiger partial charge in [0.15, 0.2) is 11.5 Å². The lowest BCUT2D eigenvalue weighted by atomic mass is 10.00. The Balaban J connectivity index is 1.76. The smallest absolute Gasteiger partial charge is 0.258 e. The van der Waals surface area contributed by atoms with Gasteiger partial charge in [-0.05, 0) is 53.1 Å². The van der Waals surface area contributed by atoms with Crippen LogP contribution in [0, 0.1) is 0 Å². The van der Waals surface area contributed by atoms with E-state index >= 15 is 0 Å². The summed E-state index contributed by atoms with van der Waals surface area (Å²) < 4.78 is 0. The Hall–Kier alpha value is -3.77. The third kappa shape index (κ3) is 3.86. The molecule has 150 valence electrons. The lowest BCUT2D eigenvalue weighted by Crippen LogP contribution is -2.08. The van der Waals surface area contributed by atoms with Crippen molar-refractivity contribution in [3.8, 4) is 28.5 Å². The quantitative estimate of drug-likeness (QED) is 0.286. The van der Waals surface area contributed by atoms with E-state index in [0.717, 1.165) is 11.1 Å². The zero-order valence-electron chi connectivity index (χ0n) is 15.6. The van der Waals surface area contributed by atoms with Gasteiger partial charge in [0.25, 0.3) is 5.56 Å². The lowest BCUT2D eigenvalue weighted by Gasteiger charge is -2.08. The minimum absolute atomic E-state index is 0.208. The highest BCUT2D eigenvalue weighted by Gasteiger charge is 2.11. The normalized spacial score (nSPS) is 11.4. The molecule has 4 rings (SSSR count). The van der Waals surface area contributed by atoms with Crippen LogP contribution in [0.3, 0.4) is 0 Å². The second kappa shape index (κ2) is 7.93. The minimum atomic E-state index is -0.402. The van der Waals surface area contributed by atoms with Crippen molar-refractivity contribution in [3.05, 3.63) is 87.2 Å². The van der Waals surface area contributed by atoms with Crippen LogP contribution in [0.25, 0.3) is 21.9 Å². The summed E-state index contributed by atoms with van der Waals surface area (Å²) in [6.45, 7) is 0.210. The van der Waals surface area contributed by atoms with Crippen molar-refractivity contribution in [1.29, 1.82) is 0 Å². The zero-order valence-corrected chi connectivity index (χ0v) is 16.4. The standard InChI is InChI=1S/C23H17ClN2O4/c24-16-3-1-2-14(9-16)15-5-6-17-18(10-15)19(23(30)26-22(17)29)12-25-11-13-4-7-20(27)21(28)8-13/h1-10,12,27-28H,11H2,(H2,26,29,30). The Bertz CT molecular complexity index is 1350. The summed E-state index contributed by atoms with van der Waals surface area (Å²) in [5.41, 5.74) is 2.37. The number of phenolic OH excluding ortho intramolecular Hbond substituents is 2. The average molecular weight is 421 g/mol. The number of rotatable bonds is 4. The van der Waals surface area contributed by atoms with Crippen LogP contribution in [0.5, 0.6) is 17.4 Å². The van der Waals surface area contributed by atoms with Crippen LogP contribution in [0.15, 0.2) is 70.5 Å². The van der Waals surface area contributed by atoms with E-state index in [0.29, 0.717) is 26.9 Å². The van der Waals surface area contributed by atoms with Crippen molar-refractivity contribution >= 4 is 28.6 Å². The van der Waals surface area contributed by atoms with E-state index in [1.165, 1.54) is 18.3 Å². The van der Waals surface area contributed by atoms with E-state index in [1.807, 2.05) is 30.3 Å². The molecule has 1 heterocycles. The van der Waals surface area contributed by atoms with Gasteiger partial charge >= 0.3 is 0 Å². The molecule has 0 aliphatic carbocycles. The zero-order chi connectivity index (χ0) is 21.3. The number of nitrogens with one attached hydrogen (secondary N) is 1. The third-order valence-electron chi connectivity index (χ3n) is 4.73. The average Bonchev–Trinajstić information content (AvgIpc) is 2.72. The van der Waals surface area contributed by atoms with Gasteiger partial charge in [-0.3, -0.25) is 14.8 Å². The molecule has 0 aliphatic rings. The fourth-order valence-corrected chi connectivity index (χ4v) is 3.41. The first-order valence-electron chi connectivity index (χ1n) is 9.08. The number of hydrogen-bond acceptors (Lipinski definition) is 5. The number of aliphatic imine (C=N–C) groups is 1. The summed E-state index contributed by atoms with van der Waals surface area (Å²) in [5.74, 6) is -0.722. The first kappa shape index (κ1) is 19.5. The summed E-state index contributed by atoms with van der Waals surface area (Å²) in [5, 5.41) is 30.9. The number of pyridine rings is 1. The molecule has 0 fully saturated rings. The molecule has 0 radical (unpaired) electrons. The second-order valence-electron chi connectivity index (χ2n) is 6.78. The molecule has 3 aromatic carbocycles. The van der Waals surface area contributed by atoms with Gasteiger partial charge in [-0.2, -0.15) is 0 Å². The Labute approximate surface area is 176 Å². The molecule has 4 N–H and O–H groups in total. The summed E-state index contributed by atoms with van der Waals surface area (Å²) >= 11 is 6.09. The fourth-order valence-electron chi connectivity index (χ4n) is 3.22. The van der Waals surface area contributed by atoms with Crippen molar-refractivity contribution in [3.63, 3.8) is 0 Å². The maximum Gasteiger partial charge on any atom is 0.258 e. The monoisotopic (exact) mass is 420 g/mol. The number of phenols is 2. The van der Waals surface area contributed by atoms with E-state index in [1.54, 1.807) is 18.2 Å². The molecule has 6 nitrogen and oxygen atoms in total. The van der Waals surface area contributed by atoms with Crippen LogP contribution in [0.2, 0.25) is 5.02 Å². The van der Waals surface area contributed by atoms with Crippen LogP contribution >= 0.6 is 11.6 Å². The fraction of sp³-hybridized carbons (Fsp3) is 0.0435. The molecular formula is C23H17ClN2O4. The summed E-state index contributed by atoms with van der Waals surface area (Å²) in [6.07, 6.45) is 1.47. The molecule has 1 aromatic heterocycles. The number of nitrogens with zero attached hydrogens (tertiary/aromatic N) is 1. The third-order valence-corrected chi connectivity index (χ3v) is 4.97. The minimum Gasteiger partial charge on any atom is -0.504 e. The summed E-state index contributed by atoms with van der Waals surface area (Å²) in [4.78, 5) is 19.0. The van der Waals surface area contributed by atoms with E-state index < -0.39 is 5.56 Å². The van der Waals surface area contributed by atoms with Crippen LogP contribution in [0.1, 0.15) is 11.1 Å². The molecular weight excluding hydrogens is 404 g/mol. The first-order chi connectivity index (χ1) is 14.4.